The molecule has 2 aliphatic heterocycles. The number of aryl methyl sites for hydroxylation is 1. The lowest BCUT2D eigenvalue weighted by molar-refractivity contribution is 0.621. The minimum atomic E-state index is -0.0709. The summed E-state index contributed by atoms with van der Waals surface area (Å²) in [5.41, 5.74) is 16.1. The molecule has 0 saturated carbocycles. The van der Waals surface area contributed by atoms with Gasteiger partial charge in [0.25, 0.3) is 0 Å². The topological polar surface area (TPSA) is 4.93 Å². The highest BCUT2D eigenvalue weighted by atomic mass is 15.0. The van der Waals surface area contributed by atoms with E-state index >= 15 is 0 Å². The van der Waals surface area contributed by atoms with Crippen LogP contribution in [-0.4, -0.2) is 11.3 Å². The van der Waals surface area contributed by atoms with Gasteiger partial charge in [-0.15, -0.1) is 0 Å². The van der Waals surface area contributed by atoms with Gasteiger partial charge in [-0.1, -0.05) is 111 Å². The largest absolute Gasteiger partial charge is 0.313 e. The molecule has 2 heteroatoms. The van der Waals surface area contributed by atoms with Gasteiger partial charge < -0.3 is 4.57 Å². The normalized spacial score (nSPS) is 17.9. The second-order valence-electron chi connectivity index (χ2n) is 12.8. The number of hydrogen-bond acceptors (Lipinski definition) is 0. The van der Waals surface area contributed by atoms with E-state index in [0.29, 0.717) is 0 Å². The molecule has 186 valence electrons. The lowest BCUT2D eigenvalue weighted by Crippen LogP contribution is -2.66. The predicted octanol–water partition coefficient (Wildman–Crippen LogP) is 6.30. The van der Waals surface area contributed by atoms with Gasteiger partial charge in [0.2, 0.25) is 6.71 Å². The summed E-state index contributed by atoms with van der Waals surface area (Å²) in [4.78, 5) is 0. The van der Waals surface area contributed by atoms with Crippen LogP contribution < -0.4 is 16.4 Å². The van der Waals surface area contributed by atoms with E-state index in [1.807, 2.05) is 0 Å². The fourth-order valence-corrected chi connectivity index (χ4v) is 8.32. The molecule has 1 aliphatic carbocycles. The van der Waals surface area contributed by atoms with Crippen molar-refractivity contribution in [2.24, 2.45) is 0 Å². The number of hydrogen-bond donors (Lipinski definition) is 0. The van der Waals surface area contributed by atoms with Gasteiger partial charge in [0.1, 0.15) is 0 Å². The molecule has 0 radical (unpaired) electrons. The lowest BCUT2D eigenvalue weighted by atomic mass is 9.27. The van der Waals surface area contributed by atoms with Gasteiger partial charge in [-0.05, 0) is 71.7 Å². The Morgan fingerprint density at radius 1 is 0.632 bits per heavy atom. The summed E-state index contributed by atoms with van der Waals surface area (Å²) in [6.07, 6.45) is 4.95. The molecule has 3 heterocycles. The van der Waals surface area contributed by atoms with Gasteiger partial charge in [-0.3, -0.25) is 0 Å². The molecule has 0 N–H and O–H groups in total. The molecular formula is C36H34BN. The van der Waals surface area contributed by atoms with Crippen molar-refractivity contribution in [2.45, 2.75) is 64.2 Å². The first-order chi connectivity index (χ1) is 18.4. The number of aromatic nitrogens is 1. The van der Waals surface area contributed by atoms with E-state index in [1.54, 1.807) is 11.0 Å². The Bertz CT molecular complexity index is 1780. The molecule has 0 unspecified atom stereocenters. The maximum Gasteiger partial charge on any atom is 0.242 e. The van der Waals surface area contributed by atoms with Crippen LogP contribution in [0.4, 0.5) is 0 Å². The van der Waals surface area contributed by atoms with Crippen LogP contribution in [-0.2, 0) is 23.7 Å². The lowest BCUT2D eigenvalue weighted by Gasteiger charge is -2.46. The molecule has 38 heavy (non-hydrogen) atoms. The monoisotopic (exact) mass is 491 g/mol. The molecule has 4 aromatic carbocycles. The van der Waals surface area contributed by atoms with Crippen molar-refractivity contribution in [1.82, 2.24) is 4.57 Å². The first-order valence-corrected chi connectivity index (χ1v) is 14.4. The third-order valence-corrected chi connectivity index (χ3v) is 10.1. The van der Waals surface area contributed by atoms with E-state index in [1.165, 1.54) is 81.1 Å². The van der Waals surface area contributed by atoms with E-state index in [2.05, 4.69) is 117 Å². The van der Waals surface area contributed by atoms with Crippen LogP contribution in [0.2, 0.25) is 0 Å². The van der Waals surface area contributed by atoms with Crippen LogP contribution in [0.5, 0.6) is 0 Å². The summed E-state index contributed by atoms with van der Waals surface area (Å²) in [7, 11) is 0. The van der Waals surface area contributed by atoms with Gasteiger partial charge in [0.15, 0.2) is 0 Å². The van der Waals surface area contributed by atoms with Crippen molar-refractivity contribution in [3.63, 3.8) is 0 Å². The predicted molar refractivity (Wildman–Crippen MR) is 162 cm³/mol. The minimum absolute atomic E-state index is 0.00488. The number of nitrogens with zero attached hydrogens (tertiary/aromatic N) is 1. The van der Waals surface area contributed by atoms with Gasteiger partial charge in [-0.25, -0.2) is 0 Å². The van der Waals surface area contributed by atoms with Gasteiger partial charge in [-0.2, -0.15) is 0 Å². The maximum absolute atomic E-state index is 2.59. The highest BCUT2D eigenvalue weighted by Gasteiger charge is 2.47. The van der Waals surface area contributed by atoms with E-state index < -0.39 is 0 Å². The highest BCUT2D eigenvalue weighted by molar-refractivity contribution is 6.97. The second-order valence-corrected chi connectivity index (χ2v) is 12.8. The number of para-hydroxylation sites is 1. The standard InChI is InChI=1S/C36H34BN/c1-35(2)26-14-7-8-17-30(26)37-31-21-20-23(22-29(31)36(3,4)28-16-11-15-27(35)34(28)37)38-32-18-9-5-12-24(32)25-13-6-10-19-33(25)38/h5,7-9,11-12,14-18,20-22H,6,10,13,19H2,1-4H3. The Hall–Kier alpha value is -3.52. The van der Waals surface area contributed by atoms with E-state index in [-0.39, 0.29) is 17.5 Å². The van der Waals surface area contributed by atoms with Crippen molar-refractivity contribution in [3.05, 3.63) is 118 Å². The zero-order valence-corrected chi connectivity index (χ0v) is 22.9. The Morgan fingerprint density at radius 2 is 1.29 bits per heavy atom. The summed E-state index contributed by atoms with van der Waals surface area (Å²) in [5.74, 6) is 0. The molecule has 1 nitrogen and oxygen atoms in total. The third-order valence-electron chi connectivity index (χ3n) is 10.1. The molecule has 0 saturated heterocycles. The first-order valence-electron chi connectivity index (χ1n) is 14.4. The van der Waals surface area contributed by atoms with Crippen molar-refractivity contribution >= 4 is 34.0 Å². The van der Waals surface area contributed by atoms with Crippen LogP contribution in [0.1, 0.15) is 74.0 Å². The van der Waals surface area contributed by atoms with Crippen molar-refractivity contribution in [2.75, 3.05) is 0 Å². The molecule has 0 atom stereocenters. The fraction of sp³-hybridized carbons (Fsp3) is 0.278. The van der Waals surface area contributed by atoms with Crippen molar-refractivity contribution < 1.29 is 0 Å². The van der Waals surface area contributed by atoms with E-state index in [0.717, 1.165) is 0 Å². The SMILES string of the molecule is CC1(C)c2ccccc2B2c3ccc(-n4c5c(c6ccccc64)CCCC5)cc3C(C)(C)c3cccc1c32. The van der Waals surface area contributed by atoms with Crippen LogP contribution in [0, 0.1) is 0 Å². The Morgan fingerprint density at radius 3 is 2.13 bits per heavy atom. The Labute approximate surface area is 226 Å². The fourth-order valence-electron chi connectivity index (χ4n) is 8.32. The summed E-state index contributed by atoms with van der Waals surface area (Å²) in [6.45, 7) is 9.99. The minimum Gasteiger partial charge on any atom is -0.313 e. The molecule has 0 amide bonds. The van der Waals surface area contributed by atoms with Gasteiger partial charge >= 0.3 is 0 Å². The van der Waals surface area contributed by atoms with Crippen LogP contribution in [0.25, 0.3) is 16.6 Å². The first kappa shape index (κ1) is 22.5. The number of rotatable bonds is 1. The highest BCUT2D eigenvalue weighted by Crippen LogP contribution is 2.42. The van der Waals surface area contributed by atoms with Gasteiger partial charge in [0.05, 0.1) is 5.52 Å². The molecule has 3 aliphatic rings. The average Bonchev–Trinajstić information content (AvgIpc) is 3.27. The van der Waals surface area contributed by atoms with Crippen molar-refractivity contribution in [3.8, 4) is 5.69 Å². The molecule has 8 rings (SSSR count). The molecule has 0 fully saturated rings. The zero-order valence-electron chi connectivity index (χ0n) is 22.9. The quantitative estimate of drug-likeness (QED) is 0.243. The number of benzene rings is 4. The summed E-state index contributed by atoms with van der Waals surface area (Å²) < 4.78 is 2.59. The number of fused-ring (bicyclic) bond motifs is 7. The van der Waals surface area contributed by atoms with E-state index in [9.17, 15) is 0 Å². The molecule has 1 aromatic heterocycles. The molecule has 5 aromatic rings. The van der Waals surface area contributed by atoms with E-state index in [4.69, 9.17) is 0 Å². The summed E-state index contributed by atoms with van der Waals surface area (Å²) in [6, 6.07) is 32.7. The molecule has 0 bridgehead atoms. The average molecular weight is 491 g/mol. The molecule has 0 spiro atoms. The smallest absolute Gasteiger partial charge is 0.242 e. The maximum atomic E-state index is 2.59. The van der Waals surface area contributed by atoms with Crippen LogP contribution >= 0.6 is 0 Å². The Kier molecular flexibility index (Phi) is 4.45. The summed E-state index contributed by atoms with van der Waals surface area (Å²) >= 11 is 0. The van der Waals surface area contributed by atoms with Crippen molar-refractivity contribution in [1.29, 1.82) is 0 Å². The second kappa shape index (κ2) is 7.53. The van der Waals surface area contributed by atoms with Gasteiger partial charge in [0, 0.05) is 27.6 Å². The van der Waals surface area contributed by atoms with Crippen LogP contribution in [0.3, 0.4) is 0 Å². The Balaban J connectivity index is 1.42. The molecular weight excluding hydrogens is 457 g/mol. The third kappa shape index (κ3) is 2.74. The van der Waals surface area contributed by atoms with Crippen LogP contribution in [0.15, 0.2) is 84.9 Å². The summed E-state index contributed by atoms with van der Waals surface area (Å²) in [5, 5.41) is 1.44. The zero-order chi connectivity index (χ0) is 25.8.